The minimum Gasteiger partial charge on any atom is -0.292 e. The first-order valence-corrected chi connectivity index (χ1v) is 4.24. The van der Waals surface area contributed by atoms with Gasteiger partial charge < -0.3 is 0 Å². The molecule has 1 heterocycles. The Balaban J connectivity index is 3.18. The number of H-pyrrole nitrogens is 1. The molecule has 0 aliphatic rings. The molecule has 1 aromatic heterocycles. The van der Waals surface area contributed by atoms with Crippen molar-refractivity contribution < 1.29 is 0 Å². The van der Waals surface area contributed by atoms with E-state index < -0.39 is 0 Å². The number of aromatic amines is 1. The minimum absolute atomic E-state index is 0.0194. The van der Waals surface area contributed by atoms with Gasteiger partial charge in [-0.2, -0.15) is 0 Å². The molecular formula is C9H16N2O. The Morgan fingerprint density at radius 3 is 2.50 bits per heavy atom. The van der Waals surface area contributed by atoms with Gasteiger partial charge in [-0.05, 0) is 6.42 Å². The summed E-state index contributed by atoms with van der Waals surface area (Å²) in [5.41, 5.74) is 1.12. The van der Waals surface area contributed by atoms with Crippen LogP contribution in [0.25, 0.3) is 0 Å². The highest BCUT2D eigenvalue weighted by Crippen LogP contribution is 2.24. The average molecular weight is 168 g/mol. The molecule has 0 unspecified atom stereocenters. The fraction of sp³-hybridized carbons (Fsp3) is 0.667. The van der Waals surface area contributed by atoms with Crippen LogP contribution in [-0.4, -0.2) is 9.78 Å². The molecule has 3 heteroatoms. The zero-order valence-corrected chi connectivity index (χ0v) is 8.14. The smallest absolute Gasteiger partial charge is 0.264 e. The molecule has 12 heavy (non-hydrogen) atoms. The summed E-state index contributed by atoms with van der Waals surface area (Å²) in [4.78, 5) is 11.0. The van der Waals surface area contributed by atoms with Crippen LogP contribution in [0.2, 0.25) is 0 Å². The summed E-state index contributed by atoms with van der Waals surface area (Å²) in [6, 6.07) is 1.67. The summed E-state index contributed by atoms with van der Waals surface area (Å²) in [6.45, 7) is 6.39. The third-order valence-corrected chi connectivity index (χ3v) is 2.48. The van der Waals surface area contributed by atoms with Crippen LogP contribution in [0.4, 0.5) is 0 Å². The van der Waals surface area contributed by atoms with Crippen LogP contribution in [0.1, 0.15) is 32.9 Å². The van der Waals surface area contributed by atoms with E-state index in [9.17, 15) is 4.79 Å². The second kappa shape index (κ2) is 2.81. The molecular weight excluding hydrogens is 152 g/mol. The molecule has 3 nitrogen and oxygen atoms in total. The first-order valence-electron chi connectivity index (χ1n) is 4.24. The molecule has 0 radical (unpaired) electrons. The largest absolute Gasteiger partial charge is 0.292 e. The van der Waals surface area contributed by atoms with Crippen molar-refractivity contribution >= 4 is 0 Å². The highest BCUT2D eigenvalue weighted by atomic mass is 16.1. The van der Waals surface area contributed by atoms with Gasteiger partial charge in [-0.3, -0.25) is 14.6 Å². The predicted octanol–water partition coefficient (Wildman–Crippen LogP) is 1.40. The van der Waals surface area contributed by atoms with Crippen LogP contribution in [0.15, 0.2) is 10.9 Å². The van der Waals surface area contributed by atoms with E-state index in [1.807, 2.05) is 7.05 Å². The Morgan fingerprint density at radius 2 is 2.17 bits per heavy atom. The van der Waals surface area contributed by atoms with Crippen LogP contribution in [0.3, 0.4) is 0 Å². The average Bonchev–Trinajstić information content (AvgIpc) is 2.31. The van der Waals surface area contributed by atoms with Crippen LogP contribution < -0.4 is 5.56 Å². The quantitative estimate of drug-likeness (QED) is 0.712. The summed E-state index contributed by atoms with van der Waals surface area (Å²) >= 11 is 0. The standard InChI is InChI=1S/C9H16N2O/c1-5-9(2,3)7-6-8(12)10-11(7)4/h6H,5H2,1-4H3,(H,10,12). The van der Waals surface area contributed by atoms with Gasteiger partial charge in [0.25, 0.3) is 5.56 Å². The molecule has 0 aliphatic heterocycles. The molecule has 0 saturated heterocycles. The van der Waals surface area contributed by atoms with Gasteiger partial charge in [0.1, 0.15) is 0 Å². The van der Waals surface area contributed by atoms with Crippen molar-refractivity contribution in [3.63, 3.8) is 0 Å². The molecule has 1 N–H and O–H groups in total. The molecule has 0 atom stereocenters. The molecule has 0 bridgehead atoms. The van der Waals surface area contributed by atoms with Gasteiger partial charge in [-0.1, -0.05) is 20.8 Å². The van der Waals surface area contributed by atoms with Crippen molar-refractivity contribution in [1.29, 1.82) is 0 Å². The number of nitrogens with one attached hydrogen (secondary N) is 1. The van der Waals surface area contributed by atoms with E-state index in [2.05, 4.69) is 25.9 Å². The first-order chi connectivity index (χ1) is 5.47. The molecule has 0 fully saturated rings. The van der Waals surface area contributed by atoms with Gasteiger partial charge in [0.05, 0.1) is 0 Å². The second-order valence-corrected chi connectivity index (χ2v) is 3.80. The van der Waals surface area contributed by atoms with E-state index in [0.29, 0.717) is 0 Å². The minimum atomic E-state index is -0.0194. The lowest BCUT2D eigenvalue weighted by Crippen LogP contribution is -2.19. The van der Waals surface area contributed by atoms with E-state index >= 15 is 0 Å². The number of aromatic nitrogens is 2. The Kier molecular flexibility index (Phi) is 2.13. The van der Waals surface area contributed by atoms with Crippen molar-refractivity contribution in [2.75, 3.05) is 0 Å². The molecule has 1 rings (SSSR count). The van der Waals surface area contributed by atoms with E-state index in [1.54, 1.807) is 10.7 Å². The number of nitrogens with zero attached hydrogens (tertiary/aromatic N) is 1. The molecule has 68 valence electrons. The number of hydrogen-bond donors (Lipinski definition) is 1. The zero-order chi connectivity index (χ0) is 9.35. The fourth-order valence-corrected chi connectivity index (χ4v) is 1.31. The lowest BCUT2D eigenvalue weighted by atomic mass is 9.86. The molecule has 0 saturated carbocycles. The Hall–Kier alpha value is -0.990. The van der Waals surface area contributed by atoms with Crippen molar-refractivity contribution in [1.82, 2.24) is 9.78 Å². The molecule has 0 amide bonds. The van der Waals surface area contributed by atoms with Gasteiger partial charge in [-0.15, -0.1) is 0 Å². The van der Waals surface area contributed by atoms with Crippen LogP contribution in [0.5, 0.6) is 0 Å². The van der Waals surface area contributed by atoms with E-state index in [0.717, 1.165) is 12.1 Å². The zero-order valence-electron chi connectivity index (χ0n) is 8.14. The van der Waals surface area contributed by atoms with Crippen LogP contribution in [0, 0.1) is 0 Å². The maximum absolute atomic E-state index is 11.0. The number of hydrogen-bond acceptors (Lipinski definition) is 1. The first kappa shape index (κ1) is 9.10. The van der Waals surface area contributed by atoms with Gasteiger partial charge in [0.15, 0.2) is 0 Å². The highest BCUT2D eigenvalue weighted by Gasteiger charge is 2.21. The maximum atomic E-state index is 11.0. The predicted molar refractivity (Wildman–Crippen MR) is 49.4 cm³/mol. The monoisotopic (exact) mass is 168 g/mol. The summed E-state index contributed by atoms with van der Waals surface area (Å²) < 4.78 is 1.80. The number of rotatable bonds is 2. The van der Waals surface area contributed by atoms with E-state index in [-0.39, 0.29) is 11.0 Å². The SMILES string of the molecule is CCC(C)(C)c1cc(=O)[nH]n1C. The summed E-state index contributed by atoms with van der Waals surface area (Å²) in [7, 11) is 1.87. The van der Waals surface area contributed by atoms with Gasteiger partial charge >= 0.3 is 0 Å². The molecule has 0 spiro atoms. The fourth-order valence-electron chi connectivity index (χ4n) is 1.31. The third-order valence-electron chi connectivity index (χ3n) is 2.48. The van der Waals surface area contributed by atoms with E-state index in [1.165, 1.54) is 0 Å². The van der Waals surface area contributed by atoms with Gasteiger partial charge in [0.2, 0.25) is 0 Å². The van der Waals surface area contributed by atoms with Crippen molar-refractivity contribution in [2.45, 2.75) is 32.6 Å². The Bertz CT molecular complexity index is 320. The summed E-state index contributed by atoms with van der Waals surface area (Å²) in [5, 5.41) is 2.71. The third kappa shape index (κ3) is 1.44. The summed E-state index contributed by atoms with van der Waals surface area (Å²) in [6.07, 6.45) is 1.03. The van der Waals surface area contributed by atoms with Crippen LogP contribution in [-0.2, 0) is 12.5 Å². The van der Waals surface area contributed by atoms with Gasteiger partial charge in [-0.25, -0.2) is 0 Å². The van der Waals surface area contributed by atoms with Gasteiger partial charge in [0, 0.05) is 24.2 Å². The number of aryl methyl sites for hydroxylation is 1. The molecule has 0 aliphatic carbocycles. The topological polar surface area (TPSA) is 37.8 Å². The molecule has 1 aromatic rings. The Morgan fingerprint density at radius 1 is 1.58 bits per heavy atom. The lowest BCUT2D eigenvalue weighted by molar-refractivity contribution is 0.461. The van der Waals surface area contributed by atoms with Crippen LogP contribution >= 0.6 is 0 Å². The van der Waals surface area contributed by atoms with E-state index in [4.69, 9.17) is 0 Å². The lowest BCUT2D eigenvalue weighted by Gasteiger charge is -2.22. The van der Waals surface area contributed by atoms with Crippen molar-refractivity contribution in [3.8, 4) is 0 Å². The highest BCUT2D eigenvalue weighted by molar-refractivity contribution is 5.12. The van der Waals surface area contributed by atoms with Crippen molar-refractivity contribution in [3.05, 3.63) is 22.1 Å². The maximum Gasteiger partial charge on any atom is 0.264 e. The second-order valence-electron chi connectivity index (χ2n) is 3.80. The normalized spacial score (nSPS) is 12.0. The Labute approximate surface area is 72.4 Å². The molecule has 0 aromatic carbocycles. The van der Waals surface area contributed by atoms with Crippen molar-refractivity contribution in [2.24, 2.45) is 7.05 Å². The summed E-state index contributed by atoms with van der Waals surface area (Å²) in [5.74, 6) is 0.